The minimum Gasteiger partial charge on any atom is -0.385 e. The first-order valence-electron chi connectivity index (χ1n) is 4.99. The Labute approximate surface area is 89.5 Å². The predicted molar refractivity (Wildman–Crippen MR) is 62.4 cm³/mol. The van der Waals surface area contributed by atoms with E-state index in [1.807, 2.05) is 20.8 Å². The minimum atomic E-state index is -0.542. The third-order valence-electron chi connectivity index (χ3n) is 1.75. The number of hydrogen-bond acceptors (Lipinski definition) is 2. The summed E-state index contributed by atoms with van der Waals surface area (Å²) in [6.45, 7) is 14.4. The van der Waals surface area contributed by atoms with Gasteiger partial charge in [0.2, 0.25) is 0 Å². The van der Waals surface area contributed by atoms with Crippen LogP contribution in [0.4, 0.5) is 0 Å². The summed E-state index contributed by atoms with van der Waals surface area (Å²) >= 11 is 0. The second kappa shape index (κ2) is 4.88. The van der Waals surface area contributed by atoms with Gasteiger partial charge in [-0.25, -0.2) is 0 Å². The summed E-state index contributed by atoms with van der Waals surface area (Å²) in [5.74, 6) is 0. The van der Waals surface area contributed by atoms with Gasteiger partial charge >= 0.3 is 0 Å². The van der Waals surface area contributed by atoms with Crippen LogP contribution in [0.15, 0.2) is 12.3 Å². The van der Waals surface area contributed by atoms with Crippen LogP contribution in [0, 0.1) is 0 Å². The molecule has 1 N–H and O–H groups in total. The van der Waals surface area contributed by atoms with Crippen LogP contribution in [-0.2, 0) is 4.74 Å². The van der Waals surface area contributed by atoms with Gasteiger partial charge in [0, 0.05) is 23.3 Å². The second-order valence-corrected chi connectivity index (χ2v) is 4.99. The zero-order valence-corrected chi connectivity index (χ0v) is 10.1. The SMILES string of the molecule is [B]C(C)(C)OCCC(C)(C)NC(=C)C. The number of rotatable bonds is 6. The van der Waals surface area contributed by atoms with Gasteiger partial charge in [0.1, 0.15) is 7.85 Å². The summed E-state index contributed by atoms with van der Waals surface area (Å²) < 4.78 is 5.45. The average molecular weight is 195 g/mol. The van der Waals surface area contributed by atoms with E-state index in [0.717, 1.165) is 12.1 Å². The Balaban J connectivity index is 3.82. The van der Waals surface area contributed by atoms with E-state index in [-0.39, 0.29) is 5.54 Å². The summed E-state index contributed by atoms with van der Waals surface area (Å²) in [6.07, 6.45) is 0.903. The monoisotopic (exact) mass is 195 g/mol. The highest BCUT2D eigenvalue weighted by atomic mass is 16.5. The summed E-state index contributed by atoms with van der Waals surface area (Å²) in [6, 6.07) is 0. The quantitative estimate of drug-likeness (QED) is 0.656. The lowest BCUT2D eigenvalue weighted by molar-refractivity contribution is 0.0346. The molecule has 0 bridgehead atoms. The summed E-state index contributed by atoms with van der Waals surface area (Å²) in [5.41, 5.74) is 0.443. The van der Waals surface area contributed by atoms with Gasteiger partial charge in [-0.05, 0) is 41.0 Å². The normalized spacial score (nSPS) is 12.6. The molecule has 0 aromatic carbocycles. The molecule has 0 fully saturated rings. The van der Waals surface area contributed by atoms with Gasteiger partial charge in [-0.15, -0.1) is 0 Å². The van der Waals surface area contributed by atoms with E-state index < -0.39 is 5.50 Å². The molecule has 2 nitrogen and oxygen atoms in total. The molecular weight excluding hydrogens is 173 g/mol. The lowest BCUT2D eigenvalue weighted by atomic mass is 9.85. The van der Waals surface area contributed by atoms with Gasteiger partial charge < -0.3 is 10.1 Å². The number of hydrogen-bond donors (Lipinski definition) is 1. The maximum Gasteiger partial charge on any atom is 0.112 e. The Morgan fingerprint density at radius 1 is 1.36 bits per heavy atom. The molecule has 2 radical (unpaired) electrons. The van der Waals surface area contributed by atoms with Crippen molar-refractivity contribution in [2.75, 3.05) is 6.61 Å². The lowest BCUT2D eigenvalue weighted by Gasteiger charge is -2.29. The smallest absolute Gasteiger partial charge is 0.112 e. The zero-order valence-electron chi connectivity index (χ0n) is 10.1. The van der Waals surface area contributed by atoms with E-state index in [9.17, 15) is 0 Å². The van der Waals surface area contributed by atoms with Crippen molar-refractivity contribution in [2.24, 2.45) is 0 Å². The van der Waals surface area contributed by atoms with Crippen LogP contribution in [0.5, 0.6) is 0 Å². The molecular formula is C11H22BNO. The number of allylic oxidation sites excluding steroid dienone is 1. The Morgan fingerprint density at radius 2 is 1.86 bits per heavy atom. The van der Waals surface area contributed by atoms with Crippen molar-refractivity contribution in [1.82, 2.24) is 5.32 Å². The Bertz CT molecular complexity index is 194. The van der Waals surface area contributed by atoms with Gasteiger partial charge in [0.05, 0.1) is 0 Å². The zero-order chi connectivity index (χ0) is 11.4. The average Bonchev–Trinajstić information content (AvgIpc) is 1.78. The summed E-state index contributed by atoms with van der Waals surface area (Å²) in [4.78, 5) is 0. The highest BCUT2D eigenvalue weighted by Crippen LogP contribution is 2.12. The van der Waals surface area contributed by atoms with E-state index in [2.05, 4.69) is 25.7 Å². The van der Waals surface area contributed by atoms with Gasteiger partial charge in [-0.2, -0.15) is 0 Å². The topological polar surface area (TPSA) is 21.3 Å². The molecule has 0 aromatic heterocycles. The molecule has 0 saturated heterocycles. The fourth-order valence-corrected chi connectivity index (χ4v) is 1.21. The van der Waals surface area contributed by atoms with Crippen LogP contribution in [0.3, 0.4) is 0 Å². The van der Waals surface area contributed by atoms with E-state index >= 15 is 0 Å². The molecule has 0 aliphatic rings. The van der Waals surface area contributed by atoms with Crippen molar-refractivity contribution < 1.29 is 4.74 Å². The van der Waals surface area contributed by atoms with E-state index in [1.54, 1.807) is 0 Å². The summed E-state index contributed by atoms with van der Waals surface area (Å²) in [7, 11) is 5.71. The molecule has 0 aliphatic carbocycles. The Morgan fingerprint density at radius 3 is 2.21 bits per heavy atom. The van der Waals surface area contributed by atoms with Crippen molar-refractivity contribution in [2.45, 2.75) is 52.1 Å². The van der Waals surface area contributed by atoms with E-state index in [0.29, 0.717) is 6.61 Å². The highest BCUT2D eigenvalue weighted by Gasteiger charge is 2.18. The fraction of sp³-hybridized carbons (Fsp3) is 0.818. The van der Waals surface area contributed by atoms with Crippen molar-refractivity contribution >= 4 is 7.85 Å². The standard InChI is InChI=1S/C11H22BNO/c1-9(2)13-10(3,4)7-8-14-11(5,6)12/h13H,1,7-8H2,2-6H3. The van der Waals surface area contributed by atoms with Crippen molar-refractivity contribution in [1.29, 1.82) is 0 Å². The maximum absolute atomic E-state index is 5.71. The largest absolute Gasteiger partial charge is 0.385 e. The summed E-state index contributed by atoms with van der Waals surface area (Å²) in [5, 5.41) is 3.29. The minimum absolute atomic E-state index is 0.0110. The molecule has 0 saturated carbocycles. The molecule has 0 aliphatic heterocycles. The van der Waals surface area contributed by atoms with Crippen LogP contribution in [0.25, 0.3) is 0 Å². The lowest BCUT2D eigenvalue weighted by Crippen LogP contribution is -2.39. The molecule has 80 valence electrons. The molecule has 14 heavy (non-hydrogen) atoms. The van der Waals surface area contributed by atoms with Crippen molar-refractivity contribution in [3.8, 4) is 0 Å². The molecule has 3 heteroatoms. The van der Waals surface area contributed by atoms with E-state index in [4.69, 9.17) is 12.6 Å². The van der Waals surface area contributed by atoms with Crippen LogP contribution in [0.1, 0.15) is 41.0 Å². The molecule has 0 spiro atoms. The van der Waals surface area contributed by atoms with Crippen molar-refractivity contribution in [3.63, 3.8) is 0 Å². The third-order valence-corrected chi connectivity index (χ3v) is 1.75. The molecule has 0 heterocycles. The Hall–Kier alpha value is -0.435. The van der Waals surface area contributed by atoms with Crippen LogP contribution >= 0.6 is 0 Å². The van der Waals surface area contributed by atoms with Crippen LogP contribution in [-0.4, -0.2) is 25.5 Å². The highest BCUT2D eigenvalue weighted by molar-refractivity contribution is 6.13. The van der Waals surface area contributed by atoms with E-state index in [1.165, 1.54) is 0 Å². The number of nitrogens with one attached hydrogen (secondary N) is 1. The third kappa shape index (κ3) is 8.18. The molecule has 0 aromatic rings. The Kier molecular flexibility index (Phi) is 4.72. The van der Waals surface area contributed by atoms with Crippen LogP contribution < -0.4 is 5.32 Å². The molecule has 0 amide bonds. The maximum atomic E-state index is 5.71. The van der Waals surface area contributed by atoms with Gasteiger partial charge in [-0.3, -0.25) is 0 Å². The first-order valence-corrected chi connectivity index (χ1v) is 4.99. The van der Waals surface area contributed by atoms with Gasteiger partial charge in [0.25, 0.3) is 0 Å². The fourth-order valence-electron chi connectivity index (χ4n) is 1.21. The number of ether oxygens (including phenoxy) is 1. The predicted octanol–water partition coefficient (Wildman–Crippen LogP) is 2.20. The molecule has 0 atom stereocenters. The molecule has 0 unspecified atom stereocenters. The van der Waals surface area contributed by atoms with Crippen LogP contribution in [0.2, 0.25) is 0 Å². The second-order valence-electron chi connectivity index (χ2n) is 4.99. The van der Waals surface area contributed by atoms with Gasteiger partial charge in [0.15, 0.2) is 0 Å². The molecule has 0 rings (SSSR count). The van der Waals surface area contributed by atoms with Crippen molar-refractivity contribution in [3.05, 3.63) is 12.3 Å². The van der Waals surface area contributed by atoms with Gasteiger partial charge in [-0.1, -0.05) is 6.58 Å². The first-order chi connectivity index (χ1) is 6.12. The first kappa shape index (κ1) is 13.6.